The van der Waals surface area contributed by atoms with Crippen LogP contribution in [0.15, 0.2) is 48.0 Å². The molecule has 0 aliphatic carbocycles. The molecule has 7 nitrogen and oxygen atoms in total. The standard InChI is InChI=1S/C25H29NO6/c1-5-14-26-22(17-10-13-19(30-4)20(15-17)32-7-3)21(24(28)25(26)29)23(27)16-8-11-18(12-9-16)31-6-2/h8-13,15,22,27H,5-7,14H2,1-4H3/b23-21-. The Morgan fingerprint density at radius 3 is 2.25 bits per heavy atom. The predicted octanol–water partition coefficient (Wildman–Crippen LogP) is 4.32. The highest BCUT2D eigenvalue weighted by Crippen LogP contribution is 2.42. The smallest absolute Gasteiger partial charge is 0.295 e. The number of carbonyl (C=O) groups is 2. The molecule has 1 fully saturated rings. The van der Waals surface area contributed by atoms with Crippen molar-refractivity contribution in [2.75, 3.05) is 26.9 Å². The number of methoxy groups -OCH3 is 1. The fraction of sp³-hybridized carbons (Fsp3) is 0.360. The van der Waals surface area contributed by atoms with Crippen LogP contribution >= 0.6 is 0 Å². The normalized spacial score (nSPS) is 17.5. The lowest BCUT2D eigenvalue weighted by atomic mass is 9.95. The number of ether oxygens (including phenoxy) is 3. The van der Waals surface area contributed by atoms with Crippen LogP contribution in [0.25, 0.3) is 5.76 Å². The van der Waals surface area contributed by atoms with Crippen LogP contribution in [0.4, 0.5) is 0 Å². The van der Waals surface area contributed by atoms with E-state index in [9.17, 15) is 14.7 Å². The molecule has 3 rings (SSSR count). The van der Waals surface area contributed by atoms with Gasteiger partial charge in [0.05, 0.1) is 31.9 Å². The van der Waals surface area contributed by atoms with Gasteiger partial charge in [0.15, 0.2) is 11.5 Å². The molecule has 1 amide bonds. The largest absolute Gasteiger partial charge is 0.507 e. The van der Waals surface area contributed by atoms with Gasteiger partial charge in [-0.2, -0.15) is 0 Å². The van der Waals surface area contributed by atoms with E-state index in [1.807, 2.05) is 20.8 Å². The quantitative estimate of drug-likeness (QED) is 0.356. The fourth-order valence-corrected chi connectivity index (χ4v) is 3.86. The van der Waals surface area contributed by atoms with E-state index in [-0.39, 0.29) is 11.3 Å². The number of ketones is 1. The summed E-state index contributed by atoms with van der Waals surface area (Å²) in [7, 11) is 1.55. The van der Waals surface area contributed by atoms with E-state index in [0.717, 1.165) is 0 Å². The maximum atomic E-state index is 13.0. The molecule has 2 aromatic rings. The zero-order chi connectivity index (χ0) is 23.3. The van der Waals surface area contributed by atoms with E-state index >= 15 is 0 Å². The van der Waals surface area contributed by atoms with Crippen molar-refractivity contribution in [3.63, 3.8) is 0 Å². The highest BCUT2D eigenvalue weighted by molar-refractivity contribution is 6.46. The average molecular weight is 440 g/mol. The topological polar surface area (TPSA) is 85.3 Å². The van der Waals surface area contributed by atoms with Gasteiger partial charge in [-0.15, -0.1) is 0 Å². The van der Waals surface area contributed by atoms with Crippen LogP contribution in [0.5, 0.6) is 17.2 Å². The lowest BCUT2D eigenvalue weighted by Gasteiger charge is -2.25. The summed E-state index contributed by atoms with van der Waals surface area (Å²) in [5.41, 5.74) is 1.15. The summed E-state index contributed by atoms with van der Waals surface area (Å²) in [5, 5.41) is 11.1. The molecular formula is C25H29NO6. The molecular weight excluding hydrogens is 410 g/mol. The minimum atomic E-state index is -0.730. The Morgan fingerprint density at radius 1 is 0.969 bits per heavy atom. The van der Waals surface area contributed by atoms with E-state index in [0.29, 0.717) is 54.6 Å². The van der Waals surface area contributed by atoms with Crippen LogP contribution in [0, 0.1) is 0 Å². The van der Waals surface area contributed by atoms with Crippen molar-refractivity contribution >= 4 is 17.4 Å². The lowest BCUT2D eigenvalue weighted by molar-refractivity contribution is -0.139. The highest BCUT2D eigenvalue weighted by Gasteiger charge is 2.45. The number of hydrogen-bond donors (Lipinski definition) is 1. The van der Waals surface area contributed by atoms with E-state index in [4.69, 9.17) is 14.2 Å². The number of aliphatic hydroxyl groups excluding tert-OH is 1. The summed E-state index contributed by atoms with van der Waals surface area (Å²) >= 11 is 0. The molecule has 1 N–H and O–H groups in total. The molecule has 0 saturated carbocycles. The number of rotatable bonds is 9. The summed E-state index contributed by atoms with van der Waals surface area (Å²) in [4.78, 5) is 27.4. The zero-order valence-corrected chi connectivity index (χ0v) is 18.9. The van der Waals surface area contributed by atoms with Crippen molar-refractivity contribution in [2.24, 2.45) is 0 Å². The van der Waals surface area contributed by atoms with Crippen LogP contribution in [0.3, 0.4) is 0 Å². The Morgan fingerprint density at radius 2 is 1.66 bits per heavy atom. The van der Waals surface area contributed by atoms with Crippen LogP contribution in [0.1, 0.15) is 44.4 Å². The number of likely N-dealkylation sites (tertiary alicyclic amines) is 1. The molecule has 1 unspecified atom stereocenters. The van der Waals surface area contributed by atoms with Gasteiger partial charge in [0.25, 0.3) is 11.7 Å². The predicted molar refractivity (Wildman–Crippen MR) is 121 cm³/mol. The Hall–Kier alpha value is -3.48. The second kappa shape index (κ2) is 10.2. The van der Waals surface area contributed by atoms with Gasteiger partial charge in [0.1, 0.15) is 11.5 Å². The Balaban J connectivity index is 2.14. The van der Waals surface area contributed by atoms with Crippen molar-refractivity contribution < 1.29 is 28.9 Å². The van der Waals surface area contributed by atoms with Gasteiger partial charge >= 0.3 is 0 Å². The first kappa shape index (κ1) is 23.2. The second-order valence-corrected chi connectivity index (χ2v) is 7.29. The molecule has 1 saturated heterocycles. The minimum Gasteiger partial charge on any atom is -0.507 e. The zero-order valence-electron chi connectivity index (χ0n) is 18.9. The molecule has 0 spiro atoms. The third-order valence-corrected chi connectivity index (χ3v) is 5.25. The van der Waals surface area contributed by atoms with Gasteiger partial charge < -0.3 is 24.2 Å². The number of amides is 1. The highest BCUT2D eigenvalue weighted by atomic mass is 16.5. The molecule has 1 aliphatic rings. The van der Waals surface area contributed by atoms with Crippen LogP contribution in [-0.2, 0) is 9.59 Å². The Kier molecular flexibility index (Phi) is 7.41. The van der Waals surface area contributed by atoms with Gasteiger partial charge in [-0.3, -0.25) is 9.59 Å². The molecule has 7 heteroatoms. The lowest BCUT2D eigenvalue weighted by Crippen LogP contribution is -2.30. The first-order valence-corrected chi connectivity index (χ1v) is 10.8. The molecule has 0 bridgehead atoms. The minimum absolute atomic E-state index is 0.0558. The second-order valence-electron chi connectivity index (χ2n) is 7.29. The number of Topliss-reactive ketones (excluding diaryl/α,β-unsaturated/α-hetero) is 1. The summed E-state index contributed by atoms with van der Waals surface area (Å²) in [6.45, 7) is 7.01. The Bertz CT molecular complexity index is 1010. The van der Waals surface area contributed by atoms with Crippen LogP contribution in [-0.4, -0.2) is 48.6 Å². The molecule has 32 heavy (non-hydrogen) atoms. The fourth-order valence-electron chi connectivity index (χ4n) is 3.86. The molecule has 0 radical (unpaired) electrons. The van der Waals surface area contributed by atoms with Gasteiger partial charge in [-0.1, -0.05) is 13.0 Å². The summed E-state index contributed by atoms with van der Waals surface area (Å²) in [5.74, 6) is 0.166. The molecule has 170 valence electrons. The SMILES string of the molecule is CCCN1C(=O)C(=O)/C(=C(\O)c2ccc(OCC)cc2)C1c1ccc(OC)c(OCC)c1. The first-order chi connectivity index (χ1) is 15.5. The molecule has 0 aromatic heterocycles. The number of nitrogens with zero attached hydrogens (tertiary/aromatic N) is 1. The van der Waals surface area contributed by atoms with E-state index in [1.165, 1.54) is 4.90 Å². The maximum absolute atomic E-state index is 13.0. The van der Waals surface area contributed by atoms with Crippen molar-refractivity contribution in [3.05, 3.63) is 59.2 Å². The number of hydrogen-bond acceptors (Lipinski definition) is 6. The Labute approximate surface area is 188 Å². The van der Waals surface area contributed by atoms with Crippen molar-refractivity contribution in [2.45, 2.75) is 33.2 Å². The number of carbonyl (C=O) groups excluding carboxylic acids is 2. The van der Waals surface area contributed by atoms with E-state index < -0.39 is 17.7 Å². The third-order valence-electron chi connectivity index (χ3n) is 5.25. The van der Waals surface area contributed by atoms with Gasteiger partial charge in [-0.05, 0) is 62.2 Å². The summed E-state index contributed by atoms with van der Waals surface area (Å²) < 4.78 is 16.5. The number of aliphatic hydroxyl groups is 1. The van der Waals surface area contributed by atoms with Crippen LogP contribution in [0.2, 0.25) is 0 Å². The third kappa shape index (κ3) is 4.42. The molecule has 1 heterocycles. The summed E-state index contributed by atoms with van der Waals surface area (Å²) in [6, 6.07) is 11.3. The molecule has 2 aromatic carbocycles. The van der Waals surface area contributed by atoms with Crippen molar-refractivity contribution in [1.29, 1.82) is 0 Å². The van der Waals surface area contributed by atoms with Crippen molar-refractivity contribution in [1.82, 2.24) is 4.90 Å². The van der Waals surface area contributed by atoms with Gasteiger partial charge in [0, 0.05) is 12.1 Å². The van der Waals surface area contributed by atoms with Gasteiger partial charge in [0.2, 0.25) is 0 Å². The van der Waals surface area contributed by atoms with Crippen LogP contribution < -0.4 is 14.2 Å². The summed E-state index contributed by atoms with van der Waals surface area (Å²) in [6.07, 6.45) is 0.668. The first-order valence-electron chi connectivity index (χ1n) is 10.8. The van der Waals surface area contributed by atoms with Gasteiger partial charge in [-0.25, -0.2) is 0 Å². The average Bonchev–Trinajstić information content (AvgIpc) is 3.05. The molecule has 1 atom stereocenters. The molecule has 1 aliphatic heterocycles. The number of benzene rings is 2. The van der Waals surface area contributed by atoms with Crippen molar-refractivity contribution in [3.8, 4) is 17.2 Å². The maximum Gasteiger partial charge on any atom is 0.295 e. The van der Waals surface area contributed by atoms with E-state index in [2.05, 4.69) is 0 Å². The van der Waals surface area contributed by atoms with E-state index in [1.54, 1.807) is 49.6 Å². The monoisotopic (exact) mass is 439 g/mol.